The molecule has 0 unspecified atom stereocenters. The zero-order chi connectivity index (χ0) is 16.2. The fraction of sp³-hybridized carbons (Fsp3) is 0.571. The van der Waals surface area contributed by atoms with Crippen LogP contribution in [0.5, 0.6) is 0 Å². The molecule has 0 aliphatic carbocycles. The monoisotopic (exact) mass is 301 g/mol. The van der Waals surface area contributed by atoms with Gasteiger partial charge >= 0.3 is 0 Å². The molecule has 1 aromatic heterocycles. The summed E-state index contributed by atoms with van der Waals surface area (Å²) in [6, 6.07) is 2.90. The lowest BCUT2D eigenvalue weighted by atomic mass is 9.90. The number of pyridine rings is 1. The van der Waals surface area contributed by atoms with E-state index in [1.807, 2.05) is 20.8 Å². The Morgan fingerprint density at radius 3 is 2.52 bits per heavy atom. The second-order valence-corrected chi connectivity index (χ2v) is 5.78. The van der Waals surface area contributed by atoms with Gasteiger partial charge in [0.15, 0.2) is 0 Å². The van der Waals surface area contributed by atoms with Gasteiger partial charge in [0.2, 0.25) is 0 Å². The van der Waals surface area contributed by atoms with E-state index in [1.54, 1.807) is 6.07 Å². The Labute approximate surface area is 122 Å². The summed E-state index contributed by atoms with van der Waals surface area (Å²) < 4.78 is 25.0. The molecular weight excluding hydrogens is 280 g/mol. The summed E-state index contributed by atoms with van der Waals surface area (Å²) in [5.74, 6) is -0.435. The summed E-state index contributed by atoms with van der Waals surface area (Å²) >= 11 is 0. The fourth-order valence-corrected chi connectivity index (χ4v) is 1.81. The Bertz CT molecular complexity index is 501. The van der Waals surface area contributed by atoms with E-state index >= 15 is 0 Å². The molecule has 1 aromatic rings. The zero-order valence-electron chi connectivity index (χ0n) is 12.4. The number of anilines is 1. The molecule has 0 aromatic carbocycles. The largest absolute Gasteiger partial charge is 0.395 e. The third-order valence-electron chi connectivity index (χ3n) is 2.88. The summed E-state index contributed by atoms with van der Waals surface area (Å²) in [6.07, 6.45) is -2.67. The summed E-state index contributed by atoms with van der Waals surface area (Å²) in [5, 5.41) is 8.91. The Balaban J connectivity index is 3.12. The van der Waals surface area contributed by atoms with E-state index in [4.69, 9.17) is 10.8 Å². The Morgan fingerprint density at radius 1 is 1.43 bits per heavy atom. The van der Waals surface area contributed by atoms with Crippen LogP contribution in [0.4, 0.5) is 14.6 Å². The number of carbonyl (C=O) groups excluding carboxylic acids is 1. The quantitative estimate of drug-likeness (QED) is 0.867. The van der Waals surface area contributed by atoms with Gasteiger partial charge in [0.1, 0.15) is 5.82 Å². The van der Waals surface area contributed by atoms with Gasteiger partial charge in [-0.25, -0.2) is 13.8 Å². The van der Waals surface area contributed by atoms with Gasteiger partial charge in [-0.2, -0.15) is 0 Å². The second-order valence-electron chi connectivity index (χ2n) is 5.78. The van der Waals surface area contributed by atoms with Crippen LogP contribution in [-0.4, -0.2) is 47.0 Å². The van der Waals surface area contributed by atoms with Crippen molar-refractivity contribution in [3.8, 4) is 0 Å². The minimum absolute atomic E-state index is 0.156. The third-order valence-corrected chi connectivity index (χ3v) is 2.88. The number of aliphatic hydroxyl groups excluding tert-OH is 1. The van der Waals surface area contributed by atoms with Crippen LogP contribution in [0.2, 0.25) is 0 Å². The van der Waals surface area contributed by atoms with Crippen LogP contribution < -0.4 is 5.73 Å². The lowest BCUT2D eigenvalue weighted by Crippen LogP contribution is -2.37. The average molecular weight is 301 g/mol. The van der Waals surface area contributed by atoms with Crippen molar-refractivity contribution in [3.05, 3.63) is 23.4 Å². The standard InChI is InChI=1S/C14H21F2N3O2/c1-14(2,3)10-6-9(7-12(17)18-10)13(21)19(4-5-20)8-11(15)16/h6-7,11,20H,4-5,8H2,1-3H3,(H2,17,18). The lowest BCUT2D eigenvalue weighted by molar-refractivity contribution is 0.0509. The number of nitrogens with zero attached hydrogens (tertiary/aromatic N) is 2. The van der Waals surface area contributed by atoms with Crippen molar-refractivity contribution in [1.29, 1.82) is 0 Å². The van der Waals surface area contributed by atoms with E-state index in [2.05, 4.69) is 4.98 Å². The van der Waals surface area contributed by atoms with Crippen molar-refractivity contribution in [2.24, 2.45) is 0 Å². The fourth-order valence-electron chi connectivity index (χ4n) is 1.81. The zero-order valence-corrected chi connectivity index (χ0v) is 12.4. The smallest absolute Gasteiger partial charge is 0.255 e. The van der Waals surface area contributed by atoms with E-state index in [1.165, 1.54) is 6.07 Å². The second kappa shape index (κ2) is 6.80. The van der Waals surface area contributed by atoms with Crippen LogP contribution in [0, 0.1) is 0 Å². The van der Waals surface area contributed by atoms with Crippen molar-refractivity contribution in [2.45, 2.75) is 32.6 Å². The number of alkyl halides is 2. The SMILES string of the molecule is CC(C)(C)c1cc(C(=O)N(CCO)CC(F)F)cc(N)n1. The van der Waals surface area contributed by atoms with Crippen LogP contribution >= 0.6 is 0 Å². The highest BCUT2D eigenvalue weighted by molar-refractivity contribution is 5.95. The molecule has 7 heteroatoms. The maximum atomic E-state index is 12.5. The molecule has 21 heavy (non-hydrogen) atoms. The molecule has 0 aliphatic rings. The van der Waals surface area contributed by atoms with Crippen LogP contribution in [0.1, 0.15) is 36.8 Å². The molecule has 1 heterocycles. The van der Waals surface area contributed by atoms with Gasteiger partial charge in [-0.05, 0) is 12.1 Å². The van der Waals surface area contributed by atoms with Gasteiger partial charge in [0.25, 0.3) is 12.3 Å². The van der Waals surface area contributed by atoms with E-state index < -0.39 is 18.9 Å². The van der Waals surface area contributed by atoms with E-state index in [9.17, 15) is 13.6 Å². The maximum absolute atomic E-state index is 12.5. The van der Waals surface area contributed by atoms with Gasteiger partial charge in [-0.1, -0.05) is 20.8 Å². The number of hydrogen-bond acceptors (Lipinski definition) is 4. The van der Waals surface area contributed by atoms with Crippen molar-refractivity contribution in [2.75, 3.05) is 25.4 Å². The number of carbonyl (C=O) groups is 1. The molecule has 0 saturated carbocycles. The minimum atomic E-state index is -2.67. The number of nitrogen functional groups attached to an aromatic ring is 1. The van der Waals surface area contributed by atoms with Crippen LogP contribution in [0.15, 0.2) is 12.1 Å². The van der Waals surface area contributed by atoms with Gasteiger partial charge in [-0.3, -0.25) is 4.79 Å². The molecule has 1 amide bonds. The highest BCUT2D eigenvalue weighted by Crippen LogP contribution is 2.23. The normalized spacial score (nSPS) is 11.8. The Kier molecular flexibility index (Phi) is 5.60. The molecule has 0 spiro atoms. The summed E-state index contributed by atoms with van der Waals surface area (Å²) in [4.78, 5) is 17.4. The molecule has 5 nitrogen and oxygen atoms in total. The predicted molar refractivity (Wildman–Crippen MR) is 76.3 cm³/mol. The van der Waals surface area contributed by atoms with Crippen LogP contribution in [0.25, 0.3) is 0 Å². The topological polar surface area (TPSA) is 79.5 Å². The van der Waals surface area contributed by atoms with Gasteiger partial charge in [-0.15, -0.1) is 0 Å². The van der Waals surface area contributed by atoms with E-state index in [0.29, 0.717) is 5.69 Å². The van der Waals surface area contributed by atoms with Crippen LogP contribution in [0.3, 0.4) is 0 Å². The number of halogens is 2. The molecule has 3 N–H and O–H groups in total. The first-order chi connectivity index (χ1) is 9.65. The highest BCUT2D eigenvalue weighted by Gasteiger charge is 2.23. The Hall–Kier alpha value is -1.76. The average Bonchev–Trinajstić information content (AvgIpc) is 2.35. The van der Waals surface area contributed by atoms with Crippen molar-refractivity contribution in [1.82, 2.24) is 9.88 Å². The van der Waals surface area contributed by atoms with Crippen molar-refractivity contribution < 1.29 is 18.7 Å². The lowest BCUT2D eigenvalue weighted by Gasteiger charge is -2.23. The summed E-state index contributed by atoms with van der Waals surface area (Å²) in [6.45, 7) is 4.46. The minimum Gasteiger partial charge on any atom is -0.395 e. The van der Waals surface area contributed by atoms with Crippen molar-refractivity contribution in [3.63, 3.8) is 0 Å². The third kappa shape index (κ3) is 4.93. The van der Waals surface area contributed by atoms with Crippen molar-refractivity contribution >= 4 is 11.7 Å². The first kappa shape index (κ1) is 17.3. The summed E-state index contributed by atoms with van der Waals surface area (Å²) in [5.41, 5.74) is 6.16. The molecule has 1 rings (SSSR count). The summed E-state index contributed by atoms with van der Waals surface area (Å²) in [7, 11) is 0. The number of aromatic nitrogens is 1. The molecule has 118 valence electrons. The van der Waals surface area contributed by atoms with E-state index in [0.717, 1.165) is 4.90 Å². The first-order valence-electron chi connectivity index (χ1n) is 6.61. The van der Waals surface area contributed by atoms with E-state index in [-0.39, 0.29) is 29.9 Å². The molecule has 0 saturated heterocycles. The molecule has 0 bridgehead atoms. The number of aliphatic hydroxyl groups is 1. The number of hydrogen-bond donors (Lipinski definition) is 2. The molecular formula is C14H21F2N3O2. The Morgan fingerprint density at radius 2 is 2.05 bits per heavy atom. The number of rotatable bonds is 5. The predicted octanol–water partition coefficient (Wildman–Crippen LogP) is 1.66. The maximum Gasteiger partial charge on any atom is 0.255 e. The van der Waals surface area contributed by atoms with Gasteiger partial charge in [0, 0.05) is 23.2 Å². The molecule has 0 atom stereocenters. The number of nitrogens with two attached hydrogens (primary N) is 1. The first-order valence-corrected chi connectivity index (χ1v) is 6.61. The van der Waals surface area contributed by atoms with Gasteiger partial charge < -0.3 is 15.7 Å². The highest BCUT2D eigenvalue weighted by atomic mass is 19.3. The van der Waals surface area contributed by atoms with Gasteiger partial charge in [0.05, 0.1) is 13.2 Å². The van der Waals surface area contributed by atoms with Crippen LogP contribution in [-0.2, 0) is 5.41 Å². The number of amides is 1. The molecule has 0 fully saturated rings. The molecule has 0 radical (unpaired) electrons. The molecule has 0 aliphatic heterocycles.